The first-order valence-electron chi connectivity index (χ1n) is 12.2. The molecule has 3 aliphatic heterocycles. The van der Waals surface area contributed by atoms with Crippen LogP contribution in [0.15, 0.2) is 70.9 Å². The first-order valence-corrected chi connectivity index (χ1v) is 12.2. The van der Waals surface area contributed by atoms with E-state index in [0.29, 0.717) is 43.3 Å². The van der Waals surface area contributed by atoms with Gasteiger partial charge in [-0.15, -0.1) is 13.2 Å². The molecule has 3 aliphatic rings. The quantitative estimate of drug-likeness (QED) is 0.577. The van der Waals surface area contributed by atoms with E-state index in [1.54, 1.807) is 48.6 Å². The van der Waals surface area contributed by atoms with Gasteiger partial charge in [0.1, 0.15) is 29.6 Å². The molecule has 8 nitrogen and oxygen atoms in total. The SMILES string of the molecule is CC(NC1C(c2ccc(OC(F)(F)F)cc2)N=C2C=NC=CN21)C(=O)N1CCN(c2ccccc2F)CC1. The number of anilines is 1. The molecule has 3 unspecified atom stereocenters. The van der Waals surface area contributed by atoms with E-state index >= 15 is 0 Å². The molecule has 5 rings (SSSR count). The fourth-order valence-corrected chi connectivity index (χ4v) is 4.84. The predicted octanol–water partition coefficient (Wildman–Crippen LogP) is 3.69. The number of hydrogen-bond acceptors (Lipinski definition) is 7. The van der Waals surface area contributed by atoms with E-state index in [1.165, 1.54) is 30.3 Å². The van der Waals surface area contributed by atoms with Crippen molar-refractivity contribution in [2.75, 3.05) is 31.1 Å². The van der Waals surface area contributed by atoms with Gasteiger partial charge in [0.15, 0.2) is 0 Å². The average molecular weight is 531 g/mol. The van der Waals surface area contributed by atoms with Crippen molar-refractivity contribution < 1.29 is 27.1 Å². The number of ether oxygens (including phenoxy) is 1. The molecular formula is C26H26F4N6O2. The maximum Gasteiger partial charge on any atom is 0.573 e. The van der Waals surface area contributed by atoms with Gasteiger partial charge in [-0.2, -0.15) is 0 Å². The van der Waals surface area contributed by atoms with E-state index in [4.69, 9.17) is 4.99 Å². The summed E-state index contributed by atoms with van der Waals surface area (Å²) in [5, 5.41) is 3.35. The van der Waals surface area contributed by atoms with Crippen molar-refractivity contribution in [1.82, 2.24) is 15.1 Å². The van der Waals surface area contributed by atoms with Gasteiger partial charge in [-0.1, -0.05) is 24.3 Å². The summed E-state index contributed by atoms with van der Waals surface area (Å²) < 4.78 is 55.8. The molecule has 2 aromatic carbocycles. The molecule has 200 valence electrons. The van der Waals surface area contributed by atoms with Crippen molar-refractivity contribution in [3.63, 3.8) is 0 Å². The number of piperazine rings is 1. The fourth-order valence-electron chi connectivity index (χ4n) is 4.84. The van der Waals surface area contributed by atoms with E-state index in [0.717, 1.165) is 0 Å². The Morgan fingerprint density at radius 1 is 1.08 bits per heavy atom. The number of halogens is 4. The highest BCUT2D eigenvalue weighted by molar-refractivity contribution is 6.31. The number of carbonyl (C=O) groups is 1. The number of amides is 1. The monoisotopic (exact) mass is 530 g/mol. The third kappa shape index (κ3) is 5.49. The Morgan fingerprint density at radius 3 is 2.47 bits per heavy atom. The molecule has 1 amide bonds. The maximum atomic E-state index is 14.2. The van der Waals surface area contributed by atoms with Gasteiger partial charge in [-0.05, 0) is 36.8 Å². The van der Waals surface area contributed by atoms with Crippen LogP contribution in [0.1, 0.15) is 18.5 Å². The number of para-hydroxylation sites is 1. The molecule has 2 aromatic rings. The number of rotatable bonds is 6. The van der Waals surface area contributed by atoms with E-state index in [9.17, 15) is 22.4 Å². The molecule has 0 aliphatic carbocycles. The van der Waals surface area contributed by atoms with Crippen LogP contribution >= 0.6 is 0 Å². The Morgan fingerprint density at radius 2 is 1.79 bits per heavy atom. The molecule has 0 radical (unpaired) electrons. The van der Waals surface area contributed by atoms with Crippen LogP contribution in [0.4, 0.5) is 23.2 Å². The second-order valence-electron chi connectivity index (χ2n) is 9.13. The first kappa shape index (κ1) is 25.7. The van der Waals surface area contributed by atoms with Crippen molar-refractivity contribution in [2.45, 2.75) is 31.5 Å². The molecule has 1 saturated heterocycles. The van der Waals surface area contributed by atoms with Gasteiger partial charge in [-0.3, -0.25) is 20.1 Å². The molecule has 0 spiro atoms. The smallest absolute Gasteiger partial charge is 0.406 e. The summed E-state index contributed by atoms with van der Waals surface area (Å²) in [5.74, 6) is -0.145. The zero-order valence-electron chi connectivity index (χ0n) is 20.5. The number of fused-ring (bicyclic) bond motifs is 1. The van der Waals surface area contributed by atoms with E-state index in [-0.39, 0.29) is 17.5 Å². The minimum Gasteiger partial charge on any atom is -0.406 e. The van der Waals surface area contributed by atoms with Crippen molar-refractivity contribution in [3.8, 4) is 5.75 Å². The standard InChI is InChI=1S/C26H26F4N6O2/c1-17(25(37)35-14-12-34(13-15-35)21-5-3-2-4-20(21)27)32-24-23(33-22-16-31-10-11-36(22)24)18-6-8-19(9-7-18)38-26(28,29)30/h2-11,16-17,23-24,32H,12-15H2,1H3. The van der Waals surface area contributed by atoms with Crippen molar-refractivity contribution in [3.05, 3.63) is 72.3 Å². The molecule has 0 saturated carbocycles. The summed E-state index contributed by atoms with van der Waals surface area (Å²) in [5.41, 5.74) is 1.17. The highest BCUT2D eigenvalue weighted by Crippen LogP contribution is 2.33. The Balaban J connectivity index is 1.26. The number of hydrogen-bond donors (Lipinski definition) is 1. The average Bonchev–Trinajstić information content (AvgIpc) is 3.26. The van der Waals surface area contributed by atoms with Crippen molar-refractivity contribution in [1.29, 1.82) is 0 Å². The molecule has 38 heavy (non-hydrogen) atoms. The molecule has 1 fully saturated rings. The van der Waals surface area contributed by atoms with Gasteiger partial charge < -0.3 is 19.4 Å². The lowest BCUT2D eigenvalue weighted by atomic mass is 10.0. The lowest BCUT2D eigenvalue weighted by molar-refractivity contribution is -0.274. The van der Waals surface area contributed by atoms with Crippen LogP contribution in [-0.4, -0.2) is 72.5 Å². The number of amidine groups is 1. The number of benzene rings is 2. The molecular weight excluding hydrogens is 504 g/mol. The topological polar surface area (TPSA) is 72.8 Å². The fraction of sp³-hybridized carbons (Fsp3) is 0.346. The largest absolute Gasteiger partial charge is 0.573 e. The zero-order valence-corrected chi connectivity index (χ0v) is 20.5. The second-order valence-corrected chi connectivity index (χ2v) is 9.13. The lowest BCUT2D eigenvalue weighted by Gasteiger charge is -2.38. The minimum atomic E-state index is -4.78. The second kappa shape index (κ2) is 10.4. The molecule has 3 atom stereocenters. The summed E-state index contributed by atoms with van der Waals surface area (Å²) in [4.78, 5) is 27.6. The van der Waals surface area contributed by atoms with Crippen LogP contribution in [0.25, 0.3) is 0 Å². The van der Waals surface area contributed by atoms with Crippen LogP contribution in [-0.2, 0) is 4.79 Å². The van der Waals surface area contributed by atoms with Crippen LogP contribution < -0.4 is 15.0 Å². The normalized spacial score (nSPS) is 21.8. The number of nitrogens with zero attached hydrogens (tertiary/aromatic N) is 5. The van der Waals surface area contributed by atoms with Gasteiger partial charge in [-0.25, -0.2) is 4.39 Å². The number of alkyl halides is 3. The van der Waals surface area contributed by atoms with E-state index < -0.39 is 24.6 Å². The zero-order chi connectivity index (χ0) is 26.9. The molecule has 3 heterocycles. The van der Waals surface area contributed by atoms with Gasteiger partial charge in [0.2, 0.25) is 5.91 Å². The minimum absolute atomic E-state index is 0.103. The Labute approximate surface area is 216 Å². The van der Waals surface area contributed by atoms with Crippen LogP contribution in [0.3, 0.4) is 0 Å². The Bertz CT molecular complexity index is 1260. The van der Waals surface area contributed by atoms with Crippen LogP contribution in [0.2, 0.25) is 0 Å². The highest BCUT2D eigenvalue weighted by Gasteiger charge is 2.39. The third-order valence-corrected chi connectivity index (χ3v) is 6.67. The Hall–Kier alpha value is -3.93. The molecule has 0 bridgehead atoms. The van der Waals surface area contributed by atoms with E-state index in [2.05, 4.69) is 15.0 Å². The summed E-state index contributed by atoms with van der Waals surface area (Å²) in [7, 11) is 0. The highest BCUT2D eigenvalue weighted by atomic mass is 19.4. The summed E-state index contributed by atoms with van der Waals surface area (Å²) >= 11 is 0. The molecule has 12 heteroatoms. The van der Waals surface area contributed by atoms with Crippen LogP contribution in [0.5, 0.6) is 5.75 Å². The van der Waals surface area contributed by atoms with E-state index in [1.807, 2.05) is 9.80 Å². The number of aliphatic imine (C=N–C) groups is 2. The summed E-state index contributed by atoms with van der Waals surface area (Å²) in [6.07, 6.45) is -0.324. The van der Waals surface area contributed by atoms with Crippen molar-refractivity contribution >= 4 is 23.6 Å². The Kier molecular flexibility index (Phi) is 7.06. The van der Waals surface area contributed by atoms with Gasteiger partial charge in [0.25, 0.3) is 0 Å². The van der Waals surface area contributed by atoms with Gasteiger partial charge in [0, 0.05) is 38.6 Å². The predicted molar refractivity (Wildman–Crippen MR) is 134 cm³/mol. The summed E-state index contributed by atoms with van der Waals surface area (Å²) in [6.45, 7) is 3.69. The summed E-state index contributed by atoms with van der Waals surface area (Å²) in [6, 6.07) is 11.0. The van der Waals surface area contributed by atoms with Crippen molar-refractivity contribution in [2.24, 2.45) is 9.98 Å². The van der Waals surface area contributed by atoms with Gasteiger partial charge in [0.05, 0.1) is 17.9 Å². The van der Waals surface area contributed by atoms with Crippen LogP contribution in [0, 0.1) is 5.82 Å². The van der Waals surface area contributed by atoms with Gasteiger partial charge >= 0.3 is 6.36 Å². The first-order chi connectivity index (χ1) is 18.2. The maximum absolute atomic E-state index is 14.2. The molecule has 1 N–H and O–H groups in total. The number of nitrogens with one attached hydrogen (secondary N) is 1. The lowest BCUT2D eigenvalue weighted by Crippen LogP contribution is -2.57. The third-order valence-electron chi connectivity index (χ3n) is 6.67. The molecule has 0 aromatic heterocycles. The number of carbonyl (C=O) groups excluding carboxylic acids is 1.